The lowest BCUT2D eigenvalue weighted by Crippen LogP contribution is -2.25. The predicted octanol–water partition coefficient (Wildman–Crippen LogP) is 0.343. The molecule has 1 aromatic rings. The maximum absolute atomic E-state index is 10.5. The van der Waals surface area contributed by atoms with Gasteiger partial charge >= 0.3 is 11.9 Å². The van der Waals surface area contributed by atoms with Gasteiger partial charge in [0.25, 0.3) is 0 Å². The van der Waals surface area contributed by atoms with Crippen LogP contribution < -0.4 is 0 Å². The van der Waals surface area contributed by atoms with Crippen molar-refractivity contribution in [2.45, 2.75) is 6.42 Å². The molecule has 1 aromatic heterocycles. The molecule has 0 fully saturated rings. The number of aliphatic carboxylic acids is 2. The van der Waals surface area contributed by atoms with Gasteiger partial charge in [0.05, 0.1) is 0 Å². The van der Waals surface area contributed by atoms with Gasteiger partial charge in [0.15, 0.2) is 5.92 Å². The molecule has 0 unspecified atom stereocenters. The highest BCUT2D eigenvalue weighted by molar-refractivity contribution is 5.93. The van der Waals surface area contributed by atoms with Crippen molar-refractivity contribution in [3.05, 3.63) is 24.0 Å². The van der Waals surface area contributed by atoms with E-state index in [9.17, 15) is 9.59 Å². The quantitative estimate of drug-likeness (QED) is 0.587. The summed E-state index contributed by atoms with van der Waals surface area (Å²) >= 11 is 0. The van der Waals surface area contributed by atoms with Crippen LogP contribution in [0, 0.1) is 5.92 Å². The van der Waals surface area contributed by atoms with E-state index in [0.29, 0.717) is 5.56 Å². The molecule has 0 aliphatic rings. The first-order chi connectivity index (χ1) is 6.11. The molecule has 5 heteroatoms. The minimum atomic E-state index is -1.37. The fraction of sp³-hybridized carbons (Fsp3) is 0.250. The normalized spacial score (nSPS) is 10.2. The van der Waals surface area contributed by atoms with Gasteiger partial charge in [0.2, 0.25) is 0 Å². The molecule has 0 atom stereocenters. The Kier molecular flexibility index (Phi) is 2.69. The Labute approximate surface area is 74.0 Å². The van der Waals surface area contributed by atoms with Crippen molar-refractivity contribution in [2.75, 3.05) is 0 Å². The number of H-pyrrole nitrogens is 1. The van der Waals surface area contributed by atoms with Gasteiger partial charge < -0.3 is 15.2 Å². The monoisotopic (exact) mass is 183 g/mol. The average molecular weight is 183 g/mol. The first-order valence-electron chi connectivity index (χ1n) is 3.68. The number of aromatic nitrogens is 1. The molecule has 0 radical (unpaired) electrons. The molecule has 13 heavy (non-hydrogen) atoms. The van der Waals surface area contributed by atoms with Crippen LogP contribution in [0.1, 0.15) is 5.56 Å². The summed E-state index contributed by atoms with van der Waals surface area (Å²) < 4.78 is 0. The van der Waals surface area contributed by atoms with Crippen LogP contribution in [0.5, 0.6) is 0 Å². The highest BCUT2D eigenvalue weighted by Crippen LogP contribution is 2.08. The smallest absolute Gasteiger partial charge is 0.318 e. The molecule has 0 saturated carbocycles. The Morgan fingerprint density at radius 3 is 2.38 bits per heavy atom. The number of nitrogens with one attached hydrogen (secondary N) is 1. The summed E-state index contributed by atoms with van der Waals surface area (Å²) in [5.74, 6) is -3.99. The van der Waals surface area contributed by atoms with Crippen molar-refractivity contribution in [2.24, 2.45) is 5.92 Å². The second-order valence-electron chi connectivity index (χ2n) is 2.65. The highest BCUT2D eigenvalue weighted by Gasteiger charge is 2.25. The molecule has 5 nitrogen and oxygen atoms in total. The zero-order chi connectivity index (χ0) is 9.84. The van der Waals surface area contributed by atoms with Crippen molar-refractivity contribution < 1.29 is 19.8 Å². The number of aromatic amines is 1. The van der Waals surface area contributed by atoms with Gasteiger partial charge in [-0.1, -0.05) is 0 Å². The van der Waals surface area contributed by atoms with Gasteiger partial charge in [-0.15, -0.1) is 0 Å². The van der Waals surface area contributed by atoms with Gasteiger partial charge in [0.1, 0.15) is 0 Å². The minimum absolute atomic E-state index is 0.00810. The lowest BCUT2D eigenvalue weighted by molar-refractivity contribution is -0.154. The van der Waals surface area contributed by atoms with Gasteiger partial charge in [-0.05, 0) is 18.1 Å². The summed E-state index contributed by atoms with van der Waals surface area (Å²) in [5, 5.41) is 17.1. The Morgan fingerprint density at radius 1 is 1.38 bits per heavy atom. The zero-order valence-corrected chi connectivity index (χ0v) is 6.73. The second-order valence-corrected chi connectivity index (χ2v) is 2.65. The predicted molar refractivity (Wildman–Crippen MR) is 43.3 cm³/mol. The van der Waals surface area contributed by atoms with Crippen molar-refractivity contribution >= 4 is 11.9 Å². The molecule has 1 heterocycles. The molecule has 0 aromatic carbocycles. The van der Waals surface area contributed by atoms with Crippen LogP contribution in [0.15, 0.2) is 18.5 Å². The SMILES string of the molecule is O=C(O)C(Cc1cc[nH]c1)C(=O)O. The van der Waals surface area contributed by atoms with E-state index < -0.39 is 17.9 Å². The zero-order valence-electron chi connectivity index (χ0n) is 6.73. The molecular weight excluding hydrogens is 174 g/mol. The third kappa shape index (κ3) is 2.33. The number of carbonyl (C=O) groups is 2. The van der Waals surface area contributed by atoms with E-state index in [1.54, 1.807) is 18.5 Å². The maximum atomic E-state index is 10.5. The van der Waals surface area contributed by atoms with Crippen molar-refractivity contribution in [1.82, 2.24) is 4.98 Å². The summed E-state index contributed by atoms with van der Waals surface area (Å²) in [5.41, 5.74) is 0.676. The minimum Gasteiger partial charge on any atom is -0.481 e. The van der Waals surface area contributed by atoms with Crippen LogP contribution in [0.2, 0.25) is 0 Å². The van der Waals surface area contributed by atoms with Crippen LogP contribution in [0.25, 0.3) is 0 Å². The van der Waals surface area contributed by atoms with Crippen molar-refractivity contribution in [1.29, 1.82) is 0 Å². The van der Waals surface area contributed by atoms with Crippen LogP contribution >= 0.6 is 0 Å². The Balaban J connectivity index is 2.69. The maximum Gasteiger partial charge on any atom is 0.318 e. The van der Waals surface area contributed by atoms with E-state index in [1.165, 1.54) is 0 Å². The number of carboxylic acids is 2. The fourth-order valence-corrected chi connectivity index (χ4v) is 1.00. The topological polar surface area (TPSA) is 90.4 Å². The highest BCUT2D eigenvalue weighted by atomic mass is 16.4. The van der Waals surface area contributed by atoms with Crippen LogP contribution in [-0.4, -0.2) is 27.1 Å². The number of carboxylic acid groups (broad SMARTS) is 2. The van der Waals surface area contributed by atoms with Gasteiger partial charge in [-0.25, -0.2) is 0 Å². The lowest BCUT2D eigenvalue weighted by Gasteiger charge is -2.04. The Morgan fingerprint density at radius 2 is 2.00 bits per heavy atom. The van der Waals surface area contributed by atoms with E-state index >= 15 is 0 Å². The van der Waals surface area contributed by atoms with Crippen LogP contribution in [-0.2, 0) is 16.0 Å². The molecule has 70 valence electrons. The van der Waals surface area contributed by atoms with Gasteiger partial charge in [0, 0.05) is 12.4 Å². The third-order valence-electron chi connectivity index (χ3n) is 1.70. The van der Waals surface area contributed by atoms with Crippen molar-refractivity contribution in [3.63, 3.8) is 0 Å². The number of hydrogen-bond acceptors (Lipinski definition) is 2. The third-order valence-corrected chi connectivity index (χ3v) is 1.70. The molecule has 0 saturated heterocycles. The largest absolute Gasteiger partial charge is 0.481 e. The lowest BCUT2D eigenvalue weighted by atomic mass is 10.0. The molecular formula is C8H9NO4. The van der Waals surface area contributed by atoms with E-state index in [4.69, 9.17) is 10.2 Å². The molecule has 0 spiro atoms. The molecule has 0 bridgehead atoms. The fourth-order valence-electron chi connectivity index (χ4n) is 1.00. The summed E-state index contributed by atoms with van der Waals surface area (Å²) in [4.78, 5) is 23.7. The molecule has 3 N–H and O–H groups in total. The van der Waals surface area contributed by atoms with Gasteiger partial charge in [-0.2, -0.15) is 0 Å². The molecule has 0 aliphatic carbocycles. The standard InChI is InChI=1S/C8H9NO4/c10-7(11)6(8(12)13)3-5-1-2-9-4-5/h1-2,4,6,9H,3H2,(H,10,11)(H,12,13). The first kappa shape index (κ1) is 9.31. The van der Waals surface area contributed by atoms with E-state index in [1.807, 2.05) is 0 Å². The molecule has 0 aliphatic heterocycles. The van der Waals surface area contributed by atoms with Crippen molar-refractivity contribution in [3.8, 4) is 0 Å². The van der Waals surface area contributed by atoms with E-state index in [2.05, 4.69) is 4.98 Å². The van der Waals surface area contributed by atoms with Crippen LogP contribution in [0.3, 0.4) is 0 Å². The number of rotatable bonds is 4. The first-order valence-corrected chi connectivity index (χ1v) is 3.68. The number of hydrogen-bond donors (Lipinski definition) is 3. The van der Waals surface area contributed by atoms with Gasteiger partial charge in [-0.3, -0.25) is 9.59 Å². The Hall–Kier alpha value is -1.78. The summed E-state index contributed by atoms with van der Waals surface area (Å²) in [6.45, 7) is 0. The Bertz CT molecular complexity index is 290. The molecule has 1 rings (SSSR count). The summed E-state index contributed by atoms with van der Waals surface area (Å²) in [6.07, 6.45) is 3.21. The van der Waals surface area contributed by atoms with E-state index in [-0.39, 0.29) is 6.42 Å². The second kappa shape index (κ2) is 3.75. The molecule has 0 amide bonds. The average Bonchev–Trinajstić information content (AvgIpc) is 2.50. The summed E-state index contributed by atoms with van der Waals surface area (Å²) in [7, 11) is 0. The summed E-state index contributed by atoms with van der Waals surface area (Å²) in [6, 6.07) is 1.65. The van der Waals surface area contributed by atoms with E-state index in [0.717, 1.165) is 0 Å². The van der Waals surface area contributed by atoms with Crippen LogP contribution in [0.4, 0.5) is 0 Å².